The number of hydrazine groups is 1. The topological polar surface area (TPSA) is 38.0 Å². The fraction of sp³-hybridized carbons (Fsp3) is 0.200. The molecule has 1 unspecified atom stereocenters. The summed E-state index contributed by atoms with van der Waals surface area (Å²) in [5.41, 5.74) is 5.52. The zero-order valence-electron chi connectivity index (χ0n) is 11.0. The van der Waals surface area contributed by atoms with Gasteiger partial charge in [0.2, 0.25) is 0 Å². The van der Waals surface area contributed by atoms with Gasteiger partial charge in [-0.3, -0.25) is 11.3 Å². The van der Waals surface area contributed by atoms with E-state index in [1.54, 1.807) is 18.2 Å². The first-order chi connectivity index (χ1) is 9.51. The molecule has 2 aromatic carbocycles. The van der Waals surface area contributed by atoms with Crippen LogP contribution in [0.4, 0.5) is 4.39 Å². The van der Waals surface area contributed by atoms with Gasteiger partial charge in [0, 0.05) is 0 Å². The van der Waals surface area contributed by atoms with Crippen molar-refractivity contribution in [1.29, 1.82) is 0 Å². The Balaban J connectivity index is 2.28. The summed E-state index contributed by atoms with van der Waals surface area (Å²) in [6.07, 6.45) is 0.595. The lowest BCUT2D eigenvalue weighted by Crippen LogP contribution is -2.30. The van der Waals surface area contributed by atoms with Gasteiger partial charge in [-0.15, -0.1) is 0 Å². The molecular weight excluding hydrogens is 298 g/mol. The Morgan fingerprint density at radius 3 is 2.55 bits per heavy atom. The van der Waals surface area contributed by atoms with Crippen molar-refractivity contribution < 1.29 is 4.39 Å². The number of hydrogen-bond donors (Lipinski definition) is 2. The number of hydrogen-bond acceptors (Lipinski definition) is 2. The van der Waals surface area contributed by atoms with Crippen LogP contribution < -0.4 is 11.3 Å². The van der Waals surface area contributed by atoms with Crippen molar-refractivity contribution >= 4 is 23.2 Å². The highest BCUT2D eigenvalue weighted by molar-refractivity contribution is 6.42. The maximum Gasteiger partial charge on any atom is 0.123 e. The molecule has 0 aliphatic heterocycles. The van der Waals surface area contributed by atoms with Crippen LogP contribution in [0.1, 0.15) is 22.7 Å². The highest BCUT2D eigenvalue weighted by atomic mass is 35.5. The Kier molecular flexibility index (Phi) is 5.00. The average molecular weight is 313 g/mol. The van der Waals surface area contributed by atoms with E-state index < -0.39 is 0 Å². The van der Waals surface area contributed by atoms with E-state index in [1.165, 1.54) is 12.1 Å². The maximum atomic E-state index is 13.4. The van der Waals surface area contributed by atoms with Gasteiger partial charge in [0.1, 0.15) is 5.82 Å². The summed E-state index contributed by atoms with van der Waals surface area (Å²) in [5.74, 6) is 5.33. The van der Waals surface area contributed by atoms with Crippen LogP contribution in [-0.4, -0.2) is 0 Å². The molecule has 2 aromatic rings. The van der Waals surface area contributed by atoms with E-state index in [9.17, 15) is 4.39 Å². The summed E-state index contributed by atoms with van der Waals surface area (Å²) in [5, 5.41) is 1.01. The van der Waals surface area contributed by atoms with E-state index in [0.29, 0.717) is 16.5 Å². The Morgan fingerprint density at radius 1 is 1.15 bits per heavy atom. The Hall–Kier alpha value is -1.13. The molecule has 0 bridgehead atoms. The lowest BCUT2D eigenvalue weighted by atomic mass is 9.96. The second kappa shape index (κ2) is 6.55. The minimum Gasteiger partial charge on any atom is -0.271 e. The average Bonchev–Trinajstić information content (AvgIpc) is 2.43. The van der Waals surface area contributed by atoms with Crippen LogP contribution in [-0.2, 0) is 6.42 Å². The summed E-state index contributed by atoms with van der Waals surface area (Å²) in [6, 6.07) is 9.90. The van der Waals surface area contributed by atoms with Gasteiger partial charge < -0.3 is 0 Å². The van der Waals surface area contributed by atoms with Gasteiger partial charge in [-0.2, -0.15) is 0 Å². The van der Waals surface area contributed by atoms with E-state index in [0.717, 1.165) is 16.7 Å². The van der Waals surface area contributed by atoms with Crippen molar-refractivity contribution in [3.8, 4) is 0 Å². The van der Waals surface area contributed by atoms with Crippen LogP contribution in [0.2, 0.25) is 10.0 Å². The highest BCUT2D eigenvalue weighted by Gasteiger charge is 2.14. The molecule has 5 heteroatoms. The normalized spacial score (nSPS) is 12.4. The van der Waals surface area contributed by atoms with Gasteiger partial charge in [-0.25, -0.2) is 4.39 Å². The third-order valence-electron chi connectivity index (χ3n) is 3.24. The predicted octanol–water partition coefficient (Wildman–Crippen LogP) is 4.19. The molecule has 0 radical (unpaired) electrons. The smallest absolute Gasteiger partial charge is 0.123 e. The number of nitrogens with one attached hydrogen (secondary N) is 1. The predicted molar refractivity (Wildman–Crippen MR) is 81.4 cm³/mol. The fourth-order valence-electron chi connectivity index (χ4n) is 2.15. The van der Waals surface area contributed by atoms with Gasteiger partial charge in [0.15, 0.2) is 0 Å². The van der Waals surface area contributed by atoms with E-state index >= 15 is 0 Å². The minimum atomic E-state index is -0.278. The van der Waals surface area contributed by atoms with Crippen LogP contribution >= 0.6 is 23.2 Å². The van der Waals surface area contributed by atoms with Crippen LogP contribution in [0.25, 0.3) is 0 Å². The molecule has 0 fully saturated rings. The summed E-state index contributed by atoms with van der Waals surface area (Å²) in [6.45, 7) is 1.92. The molecule has 0 spiro atoms. The third kappa shape index (κ3) is 3.49. The Labute approximate surface area is 127 Å². The molecule has 3 N–H and O–H groups in total. The van der Waals surface area contributed by atoms with Crippen LogP contribution in [0, 0.1) is 12.7 Å². The van der Waals surface area contributed by atoms with Crippen molar-refractivity contribution in [2.75, 3.05) is 0 Å². The largest absolute Gasteiger partial charge is 0.271 e. The number of halogens is 3. The fourth-order valence-corrected chi connectivity index (χ4v) is 2.47. The van der Waals surface area contributed by atoms with E-state index in [4.69, 9.17) is 29.0 Å². The first-order valence-electron chi connectivity index (χ1n) is 6.17. The number of benzene rings is 2. The van der Waals surface area contributed by atoms with Crippen LogP contribution in [0.3, 0.4) is 0 Å². The molecular formula is C15H15Cl2FN2. The molecule has 0 saturated carbocycles. The lowest BCUT2D eigenvalue weighted by Gasteiger charge is -2.19. The zero-order valence-corrected chi connectivity index (χ0v) is 12.5. The second-order valence-corrected chi connectivity index (χ2v) is 5.49. The van der Waals surface area contributed by atoms with Crippen LogP contribution in [0.15, 0.2) is 36.4 Å². The molecule has 0 saturated heterocycles. The summed E-state index contributed by atoms with van der Waals surface area (Å²) in [7, 11) is 0. The monoisotopic (exact) mass is 312 g/mol. The Morgan fingerprint density at radius 2 is 1.90 bits per heavy atom. The number of nitrogens with two attached hydrogens (primary N) is 1. The summed E-state index contributed by atoms with van der Waals surface area (Å²) < 4.78 is 13.4. The van der Waals surface area contributed by atoms with Gasteiger partial charge in [-0.05, 0) is 54.3 Å². The molecule has 1 atom stereocenters. The molecule has 0 aromatic heterocycles. The summed E-state index contributed by atoms with van der Waals surface area (Å²) >= 11 is 11.9. The quantitative estimate of drug-likeness (QED) is 0.656. The number of aryl methyl sites for hydroxylation is 1. The van der Waals surface area contributed by atoms with Gasteiger partial charge in [-0.1, -0.05) is 35.3 Å². The first-order valence-corrected chi connectivity index (χ1v) is 6.93. The van der Waals surface area contributed by atoms with Crippen molar-refractivity contribution in [1.82, 2.24) is 5.43 Å². The zero-order chi connectivity index (χ0) is 14.7. The molecule has 106 valence electrons. The molecule has 20 heavy (non-hydrogen) atoms. The molecule has 0 amide bonds. The van der Waals surface area contributed by atoms with Crippen molar-refractivity contribution in [3.05, 3.63) is 69.0 Å². The first kappa shape index (κ1) is 15.3. The molecule has 2 nitrogen and oxygen atoms in total. The maximum absolute atomic E-state index is 13.4. The minimum absolute atomic E-state index is 0.192. The number of rotatable bonds is 4. The second-order valence-electron chi connectivity index (χ2n) is 4.67. The summed E-state index contributed by atoms with van der Waals surface area (Å²) in [4.78, 5) is 0. The van der Waals surface area contributed by atoms with E-state index in [2.05, 4.69) is 5.43 Å². The van der Waals surface area contributed by atoms with Gasteiger partial charge in [0.25, 0.3) is 0 Å². The van der Waals surface area contributed by atoms with Crippen molar-refractivity contribution in [2.45, 2.75) is 19.4 Å². The molecule has 0 aliphatic carbocycles. The van der Waals surface area contributed by atoms with Crippen LogP contribution in [0.5, 0.6) is 0 Å². The Bertz CT molecular complexity index is 617. The third-order valence-corrected chi connectivity index (χ3v) is 3.98. The van der Waals surface area contributed by atoms with Crippen molar-refractivity contribution in [3.63, 3.8) is 0 Å². The van der Waals surface area contributed by atoms with E-state index in [-0.39, 0.29) is 11.9 Å². The molecule has 0 aliphatic rings. The standard InChI is InChI=1S/C15H15Cl2FN2/c1-9-2-4-11(18)8-12(9)15(20-19)7-10-3-5-13(16)14(17)6-10/h2-6,8,15,20H,7,19H2,1H3. The SMILES string of the molecule is Cc1ccc(F)cc1C(Cc1ccc(Cl)c(Cl)c1)NN. The lowest BCUT2D eigenvalue weighted by molar-refractivity contribution is 0.541. The molecule has 0 heterocycles. The van der Waals surface area contributed by atoms with Gasteiger partial charge in [0.05, 0.1) is 16.1 Å². The van der Waals surface area contributed by atoms with Crippen molar-refractivity contribution in [2.24, 2.45) is 5.84 Å². The molecule has 2 rings (SSSR count). The van der Waals surface area contributed by atoms with E-state index in [1.807, 2.05) is 13.0 Å². The highest BCUT2D eigenvalue weighted by Crippen LogP contribution is 2.26. The van der Waals surface area contributed by atoms with Gasteiger partial charge >= 0.3 is 0 Å².